The minimum absolute atomic E-state index is 0. The second-order valence-electron chi connectivity index (χ2n) is 1.17. The molecule has 0 rings (SSSR count). The van der Waals surface area contributed by atoms with Crippen LogP contribution in [0.25, 0.3) is 0 Å². The van der Waals surface area contributed by atoms with Crippen LogP contribution in [0.3, 0.4) is 0 Å². The maximum atomic E-state index is 9.68. The third kappa shape index (κ3) is 11.5. The van der Waals surface area contributed by atoms with Crippen LogP contribution in [-0.4, -0.2) is 18.7 Å². The molecule has 0 amide bonds. The van der Waals surface area contributed by atoms with Crippen molar-refractivity contribution in [1.29, 1.82) is 5.26 Å². The summed E-state index contributed by atoms with van der Waals surface area (Å²) in [5, 5.41) is 7.78. The van der Waals surface area contributed by atoms with Gasteiger partial charge < -0.3 is 4.55 Å². The van der Waals surface area contributed by atoms with Crippen LogP contribution in [0.5, 0.6) is 0 Å². The Bertz CT molecular complexity index is 192. The summed E-state index contributed by atoms with van der Waals surface area (Å²) in [7, 11) is -4.16. The number of hydrogen-bond acceptors (Lipinski definition) is 4. The second kappa shape index (κ2) is 4.84. The average molecular weight is 141 g/mol. The maximum absolute atomic E-state index is 9.68. The molecule has 0 aromatic heterocycles. The van der Waals surface area contributed by atoms with Gasteiger partial charge in [0.25, 0.3) is 0 Å². The molecule has 46 valence electrons. The standard InChI is InChI=1S/C3H5NO3S.Li/c4-2-1-3-8(5,6)7;/h1,3H2,(H,5,6,7);/q;+1/p-1. The molecule has 0 saturated carbocycles. The molecule has 0 N–H and O–H groups in total. The summed E-state index contributed by atoms with van der Waals surface area (Å²) in [4.78, 5) is 0. The Balaban J connectivity index is 0. The molecular weight excluding hydrogens is 137 g/mol. The fourth-order valence-corrected chi connectivity index (χ4v) is 0.512. The summed E-state index contributed by atoms with van der Waals surface area (Å²) >= 11 is 0. The number of hydrogen-bond donors (Lipinski definition) is 0. The van der Waals surface area contributed by atoms with E-state index in [0.717, 1.165) is 0 Å². The molecule has 0 radical (unpaired) electrons. The van der Waals surface area contributed by atoms with Gasteiger partial charge in [-0.1, -0.05) is 0 Å². The maximum Gasteiger partial charge on any atom is 1.00 e. The third-order valence-corrected chi connectivity index (χ3v) is 1.17. The number of rotatable bonds is 2. The molecule has 0 fully saturated rings. The zero-order valence-corrected chi connectivity index (χ0v) is 5.81. The van der Waals surface area contributed by atoms with Gasteiger partial charge in [-0.15, -0.1) is 0 Å². The quantitative estimate of drug-likeness (QED) is 0.294. The van der Waals surface area contributed by atoms with E-state index in [-0.39, 0.29) is 25.3 Å². The molecule has 0 aliphatic rings. The van der Waals surface area contributed by atoms with Crippen LogP contribution in [0.4, 0.5) is 0 Å². The summed E-state index contributed by atoms with van der Waals surface area (Å²) < 4.78 is 29.1. The Kier molecular flexibility index (Phi) is 6.32. The predicted octanol–water partition coefficient (Wildman–Crippen LogP) is -3.55. The zero-order valence-electron chi connectivity index (χ0n) is 4.99. The van der Waals surface area contributed by atoms with E-state index >= 15 is 0 Å². The first-order chi connectivity index (χ1) is 3.56. The molecule has 0 heterocycles. The molecule has 0 aliphatic heterocycles. The van der Waals surface area contributed by atoms with Gasteiger partial charge in [-0.2, -0.15) is 5.26 Å². The first kappa shape index (κ1) is 11.8. The van der Waals surface area contributed by atoms with Gasteiger partial charge in [0.2, 0.25) is 0 Å². The van der Waals surface area contributed by atoms with E-state index in [2.05, 4.69) is 0 Å². The van der Waals surface area contributed by atoms with Crippen molar-refractivity contribution in [3.8, 4) is 6.07 Å². The van der Waals surface area contributed by atoms with Gasteiger partial charge in [-0.3, -0.25) is 0 Å². The molecule has 0 spiro atoms. The molecule has 0 atom stereocenters. The van der Waals surface area contributed by atoms with Crippen molar-refractivity contribution >= 4 is 10.1 Å². The minimum Gasteiger partial charge on any atom is -0.748 e. The van der Waals surface area contributed by atoms with Crippen molar-refractivity contribution < 1.29 is 31.8 Å². The van der Waals surface area contributed by atoms with Crippen LogP contribution in [0.2, 0.25) is 0 Å². The van der Waals surface area contributed by atoms with E-state index in [1.54, 1.807) is 6.07 Å². The van der Waals surface area contributed by atoms with Crippen LogP contribution >= 0.6 is 0 Å². The van der Waals surface area contributed by atoms with Crippen molar-refractivity contribution in [2.24, 2.45) is 0 Å². The second-order valence-corrected chi connectivity index (χ2v) is 2.69. The van der Waals surface area contributed by atoms with E-state index < -0.39 is 15.9 Å². The fourth-order valence-electron chi connectivity index (χ4n) is 0.171. The summed E-state index contributed by atoms with van der Waals surface area (Å²) in [5.74, 6) is -0.580. The van der Waals surface area contributed by atoms with Crippen LogP contribution in [0.15, 0.2) is 0 Å². The zero-order chi connectivity index (χ0) is 6.62. The van der Waals surface area contributed by atoms with Crippen molar-refractivity contribution in [1.82, 2.24) is 0 Å². The largest absolute Gasteiger partial charge is 1.00 e. The van der Waals surface area contributed by atoms with Gasteiger partial charge in [0, 0.05) is 6.42 Å². The Morgan fingerprint density at radius 1 is 1.56 bits per heavy atom. The normalized spacial score (nSPS) is 9.33. The predicted molar refractivity (Wildman–Crippen MR) is 24.8 cm³/mol. The van der Waals surface area contributed by atoms with E-state index in [1.165, 1.54) is 0 Å². The van der Waals surface area contributed by atoms with E-state index in [4.69, 9.17) is 5.26 Å². The third-order valence-electron chi connectivity index (χ3n) is 0.464. The smallest absolute Gasteiger partial charge is 0.748 e. The molecule has 0 bridgehead atoms. The van der Waals surface area contributed by atoms with Gasteiger partial charge in [-0.05, 0) is 0 Å². The summed E-state index contributed by atoms with van der Waals surface area (Å²) in [6.45, 7) is 0. The van der Waals surface area contributed by atoms with E-state index in [9.17, 15) is 13.0 Å². The Morgan fingerprint density at radius 3 is 2.11 bits per heavy atom. The molecule has 0 aromatic carbocycles. The first-order valence-electron chi connectivity index (χ1n) is 1.87. The van der Waals surface area contributed by atoms with Crippen LogP contribution < -0.4 is 18.9 Å². The summed E-state index contributed by atoms with van der Waals surface area (Å²) in [6, 6.07) is 1.55. The fraction of sp³-hybridized carbons (Fsp3) is 0.667. The number of nitriles is 1. The van der Waals surface area contributed by atoms with Crippen molar-refractivity contribution in [2.75, 3.05) is 5.75 Å². The molecular formula is C3H4LiNO3S. The van der Waals surface area contributed by atoms with Crippen molar-refractivity contribution in [3.63, 3.8) is 0 Å². The van der Waals surface area contributed by atoms with Gasteiger partial charge in [0.1, 0.15) is 0 Å². The molecule has 0 unspecified atom stereocenters. The van der Waals surface area contributed by atoms with Crippen LogP contribution in [-0.2, 0) is 10.1 Å². The van der Waals surface area contributed by atoms with Gasteiger partial charge in [0.15, 0.2) is 0 Å². The molecule has 6 heteroatoms. The molecule has 0 aliphatic carbocycles. The van der Waals surface area contributed by atoms with Gasteiger partial charge >= 0.3 is 18.9 Å². The average Bonchev–Trinajstić information content (AvgIpc) is 1.59. The Labute approximate surface area is 65.8 Å². The topological polar surface area (TPSA) is 81.0 Å². The van der Waals surface area contributed by atoms with Crippen molar-refractivity contribution in [2.45, 2.75) is 6.42 Å². The number of nitrogens with zero attached hydrogens (tertiary/aromatic N) is 1. The molecule has 4 nitrogen and oxygen atoms in total. The first-order valence-corrected chi connectivity index (χ1v) is 3.44. The monoisotopic (exact) mass is 141 g/mol. The van der Waals surface area contributed by atoms with E-state index in [1.807, 2.05) is 0 Å². The molecule has 0 saturated heterocycles. The van der Waals surface area contributed by atoms with Crippen molar-refractivity contribution in [3.05, 3.63) is 0 Å². The SMILES string of the molecule is N#CCCS(=O)(=O)[O-].[Li+]. The van der Waals surface area contributed by atoms with E-state index in [0.29, 0.717) is 0 Å². The minimum atomic E-state index is -4.16. The Morgan fingerprint density at radius 2 is 2.00 bits per heavy atom. The molecule has 9 heavy (non-hydrogen) atoms. The van der Waals surface area contributed by atoms with Crippen LogP contribution in [0.1, 0.15) is 6.42 Å². The van der Waals surface area contributed by atoms with Gasteiger partial charge in [0.05, 0.1) is 21.9 Å². The Hall–Kier alpha value is -0.00260. The van der Waals surface area contributed by atoms with Crippen LogP contribution in [0, 0.1) is 11.3 Å². The molecule has 0 aromatic rings. The van der Waals surface area contributed by atoms with Gasteiger partial charge in [-0.25, -0.2) is 8.42 Å². The summed E-state index contributed by atoms with van der Waals surface area (Å²) in [6.07, 6.45) is -0.216. The summed E-state index contributed by atoms with van der Waals surface area (Å²) in [5.41, 5.74) is 0.